The van der Waals surface area contributed by atoms with Crippen LogP contribution in [0.3, 0.4) is 0 Å². The Kier molecular flexibility index (Phi) is 16.5. The van der Waals surface area contributed by atoms with E-state index in [9.17, 15) is 154 Å². The predicted molar refractivity (Wildman–Crippen MR) is 168 cm³/mol. The molecule has 0 amide bonds. The Bertz CT molecular complexity index is 2590. The zero-order valence-electron chi connectivity index (χ0n) is 36.2. The first-order chi connectivity index (χ1) is 35.7. The van der Waals surface area contributed by atoms with Gasteiger partial charge in [0, 0.05) is 16.7 Å². The minimum atomic E-state index is -8.68. The van der Waals surface area contributed by atoms with Crippen molar-refractivity contribution in [1.82, 2.24) is 19.9 Å². The molecule has 3 rings (SSSR count). The van der Waals surface area contributed by atoms with Gasteiger partial charge in [-0.05, 0) is 30.3 Å². The third-order valence-corrected chi connectivity index (χ3v) is 10.3. The molecule has 0 radical (unpaired) electrons. The summed E-state index contributed by atoms with van der Waals surface area (Å²) < 4.78 is 633. The van der Waals surface area contributed by atoms with Crippen LogP contribution in [-0.4, -0.2) is 110 Å². The molecular weight excluding hydrogens is 1320 g/mol. The number of rotatable bonds is 17. The molecule has 0 N–H and O–H groups in total. The second-order valence-corrected chi connectivity index (χ2v) is 15.8. The highest BCUT2D eigenvalue weighted by molar-refractivity contribution is 5.69. The van der Waals surface area contributed by atoms with Gasteiger partial charge in [0.2, 0.25) is 0 Å². The monoisotopic (exact) mass is 1320 g/mol. The zero-order valence-corrected chi connectivity index (χ0v) is 36.2. The first-order valence-electron chi connectivity index (χ1n) is 18.7. The molecule has 3 aromatic rings. The number of nitrogens with zero attached hydrogens (tertiary/aromatic N) is 4. The number of hydrogen-bond acceptors (Lipinski definition) is 4. The van der Waals surface area contributed by atoms with Gasteiger partial charge < -0.3 is 0 Å². The van der Waals surface area contributed by atoms with Gasteiger partial charge in [0.15, 0.2) is 11.6 Å². The van der Waals surface area contributed by atoms with Gasteiger partial charge in [-0.1, -0.05) is 0 Å². The summed E-state index contributed by atoms with van der Waals surface area (Å²) in [4.78, 5) is 5.92. The Hall–Kier alpha value is -5.77. The standard InChI is InChI=1S/C34H5F45N4/c35-15(36,20(45,46)25(55,56)30(65,66)67)8-2-6(13-80-9(16(37,38)21(47,48)26(57,58)31(68,69)70)4-10(81-13)17(39,40)22(49,50)27(59,60)32(71,72)73)1-7(3-8)14-82-11(18(41,42)23(51,52)28(61,62)33(74,75)76)5-12(83-14)19(43,44)24(53,54)29(63,64)34(77,78)79/h1-5H. The smallest absolute Gasteiger partial charge is 0.226 e. The lowest BCUT2D eigenvalue weighted by atomic mass is 9.92. The van der Waals surface area contributed by atoms with Crippen LogP contribution in [0.5, 0.6) is 0 Å². The van der Waals surface area contributed by atoms with Gasteiger partial charge in [-0.15, -0.1) is 0 Å². The van der Waals surface area contributed by atoms with Crippen LogP contribution in [0, 0.1) is 0 Å². The predicted octanol–water partition coefficient (Wildman–Crippen LogP) is 17.2. The van der Waals surface area contributed by atoms with Gasteiger partial charge in [-0.2, -0.15) is 198 Å². The molecule has 1 aromatic carbocycles. The Labute approximate surface area is 419 Å². The van der Waals surface area contributed by atoms with Crippen LogP contribution in [0.2, 0.25) is 0 Å². The molecular formula is C34H5F45N4. The molecule has 0 aliphatic carbocycles. The van der Waals surface area contributed by atoms with E-state index >= 15 is 43.9 Å². The maximum atomic E-state index is 15.6. The van der Waals surface area contributed by atoms with Crippen LogP contribution in [0.15, 0.2) is 30.3 Å². The summed E-state index contributed by atoms with van der Waals surface area (Å²) in [5, 5.41) is 0. The molecule has 2 aromatic heterocycles. The molecule has 0 fully saturated rings. The molecule has 0 unspecified atom stereocenters. The third-order valence-electron chi connectivity index (χ3n) is 10.3. The second kappa shape index (κ2) is 19.1. The molecule has 0 saturated heterocycles. The van der Waals surface area contributed by atoms with Crippen molar-refractivity contribution in [3.63, 3.8) is 0 Å². The summed E-state index contributed by atoms with van der Waals surface area (Å²) in [5.74, 6) is -135. The fourth-order valence-corrected chi connectivity index (χ4v) is 5.56. The van der Waals surface area contributed by atoms with Crippen LogP contribution in [0.4, 0.5) is 198 Å². The van der Waals surface area contributed by atoms with E-state index in [1.165, 1.54) is 19.9 Å². The van der Waals surface area contributed by atoms with Gasteiger partial charge in [-0.3, -0.25) is 0 Å². The molecule has 0 bridgehead atoms. The van der Waals surface area contributed by atoms with Crippen molar-refractivity contribution in [2.75, 3.05) is 0 Å². The van der Waals surface area contributed by atoms with E-state index in [1.54, 1.807) is 0 Å². The number of halogens is 45. The molecule has 0 aliphatic heterocycles. The number of aromatic nitrogens is 4. The average molecular weight is 1320 g/mol. The SMILES string of the molecule is FC(F)(F)C(F)(F)C(F)(F)C(F)(F)c1cc(-c2nc(C(F)(F)C(F)(F)C(F)(F)C(F)(F)F)cc(C(F)(F)C(F)(F)C(F)(F)C(F)(F)F)n2)cc(-c2nc(C(F)(F)C(F)(F)C(F)(F)C(F)(F)F)cc(C(F)(F)C(F)(F)C(F)(F)C(F)(F)F)n2)c1. The fraction of sp³-hybridized carbons (Fsp3) is 0.588. The Morgan fingerprint density at radius 2 is 0.337 bits per heavy atom. The minimum Gasteiger partial charge on any atom is -0.226 e. The highest BCUT2D eigenvalue weighted by Crippen LogP contribution is 2.63. The van der Waals surface area contributed by atoms with E-state index in [0.29, 0.717) is 0 Å². The maximum Gasteiger partial charge on any atom is 0.460 e. The van der Waals surface area contributed by atoms with E-state index in [0.717, 1.165) is 0 Å². The number of alkyl halides is 45. The Balaban J connectivity index is 3.01. The van der Waals surface area contributed by atoms with Gasteiger partial charge >= 0.3 is 120 Å². The second-order valence-electron chi connectivity index (χ2n) is 15.8. The molecule has 4 nitrogen and oxygen atoms in total. The summed E-state index contributed by atoms with van der Waals surface area (Å²) in [7, 11) is 0. The molecule has 83 heavy (non-hydrogen) atoms. The molecule has 476 valence electrons. The van der Waals surface area contributed by atoms with E-state index in [-0.39, 0.29) is 0 Å². The molecule has 0 spiro atoms. The fourth-order valence-electron chi connectivity index (χ4n) is 5.56. The van der Waals surface area contributed by atoms with E-state index in [2.05, 4.69) is 0 Å². The van der Waals surface area contributed by atoms with Crippen LogP contribution in [0.1, 0.15) is 28.3 Å². The summed E-state index contributed by atoms with van der Waals surface area (Å²) in [6.45, 7) is 0. The molecule has 49 heteroatoms. The highest BCUT2D eigenvalue weighted by Gasteiger charge is 2.87. The van der Waals surface area contributed by atoms with E-state index in [4.69, 9.17) is 0 Å². The van der Waals surface area contributed by atoms with Crippen LogP contribution in [-0.2, 0) is 29.6 Å². The average Bonchev–Trinajstić information content (AvgIpc) is 3.28. The van der Waals surface area contributed by atoms with Crippen molar-refractivity contribution in [3.05, 3.63) is 58.7 Å². The Morgan fingerprint density at radius 3 is 0.494 bits per heavy atom. The Morgan fingerprint density at radius 1 is 0.181 bits per heavy atom. The van der Waals surface area contributed by atoms with Gasteiger partial charge in [0.05, 0.1) is 0 Å². The van der Waals surface area contributed by atoms with Crippen molar-refractivity contribution in [2.45, 2.75) is 120 Å². The summed E-state index contributed by atoms with van der Waals surface area (Å²) in [5.41, 5.74) is -29.8. The van der Waals surface area contributed by atoms with Crippen molar-refractivity contribution in [3.8, 4) is 22.8 Å². The molecule has 0 atom stereocenters. The lowest BCUT2D eigenvalue weighted by Gasteiger charge is -2.35. The van der Waals surface area contributed by atoms with Crippen molar-refractivity contribution in [2.24, 2.45) is 0 Å². The zero-order chi connectivity index (χ0) is 66.6. The van der Waals surface area contributed by atoms with Crippen LogP contribution in [0.25, 0.3) is 22.8 Å². The van der Waals surface area contributed by atoms with Gasteiger partial charge in [0.1, 0.15) is 22.8 Å². The molecule has 0 saturated carbocycles. The van der Waals surface area contributed by atoms with Crippen LogP contribution >= 0.6 is 0 Å². The summed E-state index contributed by atoms with van der Waals surface area (Å²) in [6, 6.07) is -10.7. The van der Waals surface area contributed by atoms with Gasteiger partial charge in [-0.25, -0.2) is 19.9 Å². The van der Waals surface area contributed by atoms with E-state index in [1.807, 2.05) is 0 Å². The highest BCUT2D eigenvalue weighted by atomic mass is 19.5. The quantitative estimate of drug-likeness (QED) is 0.126. The van der Waals surface area contributed by atoms with Crippen molar-refractivity contribution >= 4 is 0 Å². The lowest BCUT2D eigenvalue weighted by molar-refractivity contribution is -0.401. The van der Waals surface area contributed by atoms with Crippen molar-refractivity contribution < 1.29 is 198 Å². The lowest BCUT2D eigenvalue weighted by Crippen LogP contribution is -2.60. The van der Waals surface area contributed by atoms with Crippen LogP contribution < -0.4 is 0 Å². The third kappa shape index (κ3) is 10.2. The summed E-state index contributed by atoms with van der Waals surface area (Å²) in [6.07, 6.45) is -41.2. The van der Waals surface area contributed by atoms with Crippen molar-refractivity contribution in [1.29, 1.82) is 0 Å². The number of benzene rings is 1. The largest absolute Gasteiger partial charge is 0.460 e. The molecule has 2 heterocycles. The first-order valence-corrected chi connectivity index (χ1v) is 18.7. The minimum absolute atomic E-state index is 1.48. The molecule has 0 aliphatic rings. The maximum absolute atomic E-state index is 15.6. The van der Waals surface area contributed by atoms with Gasteiger partial charge in [0.25, 0.3) is 0 Å². The number of hydrogen-bond donors (Lipinski definition) is 0. The van der Waals surface area contributed by atoms with E-state index < -0.39 is 201 Å². The summed E-state index contributed by atoms with van der Waals surface area (Å²) >= 11 is 0. The normalized spacial score (nSPS) is 16.0. The first kappa shape index (κ1) is 71.5. The topological polar surface area (TPSA) is 51.6 Å².